The molecule has 0 aliphatic rings. The highest BCUT2D eigenvalue weighted by atomic mass is 32.2. The maximum absolute atomic E-state index is 13.2. The van der Waals surface area contributed by atoms with Crippen molar-refractivity contribution in [3.63, 3.8) is 0 Å². The number of rotatable bonds is 2. The zero-order valence-corrected chi connectivity index (χ0v) is 14.7. The minimum absolute atomic E-state index is 0.171. The second-order valence-corrected chi connectivity index (χ2v) is 7.01. The first-order chi connectivity index (χ1) is 12.3. The van der Waals surface area contributed by atoms with Crippen LogP contribution < -0.4 is 5.56 Å². The smallest absolute Gasteiger partial charge is 0.266 e. The molecule has 122 valence electrons. The molecule has 0 aliphatic heterocycles. The average molecular weight is 365 g/mol. The molecule has 0 fully saturated rings. The number of fused-ring (bicyclic) bond motifs is 4. The summed E-state index contributed by atoms with van der Waals surface area (Å²) in [5.74, 6) is 0. The topological polar surface area (TPSA) is 65.1 Å². The molecular weight excluding hydrogens is 354 g/mol. The lowest BCUT2D eigenvalue weighted by molar-refractivity contribution is 0.793. The van der Waals surface area contributed by atoms with E-state index in [1.165, 1.54) is 11.8 Å². The quantitative estimate of drug-likeness (QED) is 0.354. The maximum Gasteiger partial charge on any atom is 0.284 e. The number of aromatic nitrogens is 5. The Kier molecular flexibility index (Phi) is 3.16. The molecule has 0 saturated heterocycles. The van der Waals surface area contributed by atoms with Gasteiger partial charge in [-0.15, -0.1) is 0 Å². The van der Waals surface area contributed by atoms with Crippen LogP contribution in [0.2, 0.25) is 0 Å². The van der Waals surface area contributed by atoms with Crippen LogP contribution in [0.25, 0.3) is 33.3 Å². The van der Waals surface area contributed by atoms with Gasteiger partial charge in [0, 0.05) is 17.0 Å². The van der Waals surface area contributed by atoms with E-state index in [0.717, 1.165) is 16.6 Å². The van der Waals surface area contributed by atoms with Crippen LogP contribution in [0.5, 0.6) is 0 Å². The Morgan fingerprint density at radius 2 is 2.00 bits per heavy atom. The molecule has 0 amide bonds. The van der Waals surface area contributed by atoms with Gasteiger partial charge < -0.3 is 0 Å². The molecule has 0 atom stereocenters. The fourth-order valence-electron chi connectivity index (χ4n) is 3.00. The van der Waals surface area contributed by atoms with Crippen LogP contribution in [0, 0.1) is 0 Å². The summed E-state index contributed by atoms with van der Waals surface area (Å²) in [5.41, 5.74) is 2.72. The molecule has 0 N–H and O–H groups in total. The van der Waals surface area contributed by atoms with Gasteiger partial charge in [-0.2, -0.15) is 15.9 Å². The Morgan fingerprint density at radius 1 is 1.12 bits per heavy atom. The Hall–Kier alpha value is -2.71. The second-order valence-electron chi connectivity index (χ2n) is 5.46. The van der Waals surface area contributed by atoms with E-state index in [2.05, 4.69) is 15.0 Å². The first kappa shape index (κ1) is 14.6. The van der Waals surface area contributed by atoms with Crippen molar-refractivity contribution in [2.75, 3.05) is 6.26 Å². The molecule has 0 unspecified atom stereocenters. The summed E-state index contributed by atoms with van der Waals surface area (Å²) in [6.45, 7) is 0. The van der Waals surface area contributed by atoms with Crippen LogP contribution in [-0.2, 0) is 0 Å². The number of hydrogen-bond acceptors (Lipinski definition) is 6. The van der Waals surface area contributed by atoms with E-state index < -0.39 is 0 Å². The zero-order chi connectivity index (χ0) is 17.0. The van der Waals surface area contributed by atoms with Crippen LogP contribution >= 0.6 is 23.1 Å². The molecule has 25 heavy (non-hydrogen) atoms. The van der Waals surface area contributed by atoms with Gasteiger partial charge in [-0.3, -0.25) is 4.79 Å². The highest BCUT2D eigenvalue weighted by Gasteiger charge is 2.17. The summed E-state index contributed by atoms with van der Waals surface area (Å²) in [4.78, 5) is 26.5. The highest BCUT2D eigenvalue weighted by Crippen LogP contribution is 2.25. The largest absolute Gasteiger partial charge is 0.284 e. The number of nitrogens with zero attached hydrogens (tertiary/aromatic N) is 5. The van der Waals surface area contributed by atoms with Crippen molar-refractivity contribution < 1.29 is 0 Å². The van der Waals surface area contributed by atoms with Crippen molar-refractivity contribution in [3.8, 4) is 5.69 Å². The van der Waals surface area contributed by atoms with Gasteiger partial charge in [0.05, 0.1) is 11.2 Å². The molecule has 5 rings (SSSR count). The minimum Gasteiger partial charge on any atom is -0.266 e. The number of para-hydroxylation sites is 1. The van der Waals surface area contributed by atoms with Gasteiger partial charge >= 0.3 is 0 Å². The Bertz CT molecular complexity index is 1300. The summed E-state index contributed by atoms with van der Waals surface area (Å²) >= 11 is 3.01. The molecule has 0 saturated carbocycles. The fraction of sp³-hybridized carbons (Fsp3) is 0.0588. The van der Waals surface area contributed by atoms with Crippen molar-refractivity contribution in [1.82, 2.24) is 24.1 Å². The molecule has 5 aromatic rings. The van der Waals surface area contributed by atoms with E-state index in [4.69, 9.17) is 0 Å². The third kappa shape index (κ3) is 2.04. The molecule has 4 heterocycles. The predicted molar refractivity (Wildman–Crippen MR) is 101 cm³/mol. The molecule has 0 spiro atoms. The standard InChI is InChI=1S/C17H11N5OS2/c1-24-17-18-8-12-14(20-17)19-15-11-4-2-3-5-13(11)21(22(15)16(12)23)10-6-7-25-9-10/h2-9H,1H3. The Balaban J connectivity index is 2.05. The summed E-state index contributed by atoms with van der Waals surface area (Å²) < 4.78 is 3.51. The third-order valence-electron chi connectivity index (χ3n) is 4.09. The normalized spacial score (nSPS) is 11.7. The van der Waals surface area contributed by atoms with Crippen molar-refractivity contribution in [1.29, 1.82) is 0 Å². The summed E-state index contributed by atoms with van der Waals surface area (Å²) in [6.07, 6.45) is 3.46. The zero-order valence-electron chi connectivity index (χ0n) is 13.1. The number of thiophene rings is 1. The molecule has 1 aromatic carbocycles. The third-order valence-corrected chi connectivity index (χ3v) is 5.32. The Labute approximate surface area is 149 Å². The van der Waals surface area contributed by atoms with Crippen LogP contribution in [0.1, 0.15) is 0 Å². The molecule has 0 radical (unpaired) electrons. The SMILES string of the molecule is CSc1ncc2c(=O)n3c(nc2n1)c1ccccc1n3-c1ccsc1. The van der Waals surface area contributed by atoms with Crippen molar-refractivity contribution >= 4 is 50.7 Å². The highest BCUT2D eigenvalue weighted by molar-refractivity contribution is 7.98. The Morgan fingerprint density at radius 3 is 2.80 bits per heavy atom. The summed E-state index contributed by atoms with van der Waals surface area (Å²) in [6, 6.07) is 9.86. The molecule has 4 aromatic heterocycles. The molecule has 8 heteroatoms. The van der Waals surface area contributed by atoms with Crippen molar-refractivity contribution in [2.24, 2.45) is 0 Å². The van der Waals surface area contributed by atoms with Gasteiger partial charge in [-0.25, -0.2) is 19.6 Å². The van der Waals surface area contributed by atoms with E-state index in [-0.39, 0.29) is 5.56 Å². The fourth-order valence-corrected chi connectivity index (χ4v) is 3.95. The van der Waals surface area contributed by atoms with E-state index in [9.17, 15) is 4.79 Å². The molecule has 6 nitrogen and oxygen atoms in total. The first-order valence-corrected chi connectivity index (χ1v) is 9.70. The number of thioether (sulfide) groups is 1. The molecule has 0 bridgehead atoms. The minimum atomic E-state index is -0.171. The maximum atomic E-state index is 13.2. The van der Waals surface area contributed by atoms with Gasteiger partial charge in [0.2, 0.25) is 0 Å². The monoisotopic (exact) mass is 365 g/mol. The van der Waals surface area contributed by atoms with Gasteiger partial charge in [0.1, 0.15) is 5.39 Å². The summed E-state index contributed by atoms with van der Waals surface area (Å²) in [5, 5.41) is 5.93. The van der Waals surface area contributed by atoms with Crippen LogP contribution in [0.3, 0.4) is 0 Å². The predicted octanol–water partition coefficient (Wildman–Crippen LogP) is 3.37. The van der Waals surface area contributed by atoms with Gasteiger partial charge in [-0.1, -0.05) is 23.9 Å². The van der Waals surface area contributed by atoms with Crippen LogP contribution in [0.4, 0.5) is 0 Å². The average Bonchev–Trinajstić information content (AvgIpc) is 3.27. The van der Waals surface area contributed by atoms with Gasteiger partial charge in [0.15, 0.2) is 16.5 Å². The number of hydrogen-bond donors (Lipinski definition) is 0. The molecule has 0 aliphatic carbocycles. The summed E-state index contributed by atoms with van der Waals surface area (Å²) in [7, 11) is 0. The van der Waals surface area contributed by atoms with E-state index in [1.54, 1.807) is 22.0 Å². The first-order valence-electron chi connectivity index (χ1n) is 7.54. The lowest BCUT2D eigenvalue weighted by atomic mass is 10.2. The van der Waals surface area contributed by atoms with Crippen molar-refractivity contribution in [2.45, 2.75) is 5.16 Å². The van der Waals surface area contributed by atoms with Gasteiger partial charge in [-0.05, 0) is 29.8 Å². The molecular formula is C17H11N5OS2. The lowest BCUT2D eigenvalue weighted by Gasteiger charge is -2.06. The van der Waals surface area contributed by atoms with Crippen LogP contribution in [0.15, 0.2) is 57.2 Å². The van der Waals surface area contributed by atoms with E-state index >= 15 is 0 Å². The van der Waals surface area contributed by atoms with Gasteiger partial charge in [0.25, 0.3) is 5.56 Å². The second kappa shape index (κ2) is 5.40. The van der Waals surface area contributed by atoms with E-state index in [0.29, 0.717) is 21.8 Å². The van der Waals surface area contributed by atoms with Crippen molar-refractivity contribution in [3.05, 3.63) is 57.6 Å². The lowest BCUT2D eigenvalue weighted by Crippen LogP contribution is -2.21. The van der Waals surface area contributed by atoms with E-state index in [1.807, 2.05) is 52.0 Å². The van der Waals surface area contributed by atoms with Crippen LogP contribution in [-0.4, -0.2) is 30.4 Å². The number of benzene rings is 1.